The summed E-state index contributed by atoms with van der Waals surface area (Å²) < 4.78 is 63.2. The van der Waals surface area contributed by atoms with E-state index in [0.29, 0.717) is 77.1 Å². The van der Waals surface area contributed by atoms with E-state index in [4.69, 9.17) is 14.2 Å². The fraction of sp³-hybridized carbons (Fsp3) is 0.509. The van der Waals surface area contributed by atoms with Gasteiger partial charge in [0.05, 0.1) is 50.3 Å². The molecule has 0 radical (unpaired) electrons. The molecule has 72 heavy (non-hydrogen) atoms. The fourth-order valence-corrected chi connectivity index (χ4v) is 10.7. The number of benzene rings is 2. The topological polar surface area (TPSA) is 168 Å². The van der Waals surface area contributed by atoms with Crippen LogP contribution in [-0.4, -0.2) is 149 Å². The summed E-state index contributed by atoms with van der Waals surface area (Å²) in [7, 11) is 3.06. The molecule has 3 fully saturated rings. The van der Waals surface area contributed by atoms with Crippen LogP contribution in [0.2, 0.25) is 0 Å². The number of fused-ring (bicyclic) bond motifs is 6. The van der Waals surface area contributed by atoms with Gasteiger partial charge in [-0.05, 0) is 84.7 Å². The minimum atomic E-state index is -4.60. The Hall–Kier alpha value is -6.31. The van der Waals surface area contributed by atoms with Crippen molar-refractivity contribution >= 4 is 40.6 Å². The number of likely N-dealkylation sites (tertiary alicyclic amines) is 1. The minimum Gasteiger partial charge on any atom is -0.464 e. The molecule has 19 heteroatoms. The van der Waals surface area contributed by atoms with Crippen LogP contribution in [0.1, 0.15) is 70.4 Å². The highest BCUT2D eigenvalue weighted by molar-refractivity contribution is 5.96. The van der Waals surface area contributed by atoms with E-state index in [1.165, 1.54) is 27.7 Å². The van der Waals surface area contributed by atoms with Crippen molar-refractivity contribution < 1.29 is 51.4 Å². The second-order valence-corrected chi connectivity index (χ2v) is 20.7. The Morgan fingerprint density at radius 1 is 1.03 bits per heavy atom. The van der Waals surface area contributed by atoms with Crippen LogP contribution in [0, 0.1) is 11.3 Å². The molecule has 4 atom stereocenters. The summed E-state index contributed by atoms with van der Waals surface area (Å²) in [5, 5.41) is 4.92. The molecule has 2 N–H and O–H groups in total. The predicted octanol–water partition coefficient (Wildman–Crippen LogP) is 6.46. The number of alkyl halides is 3. The zero-order valence-corrected chi connectivity index (χ0v) is 42.0. The van der Waals surface area contributed by atoms with Gasteiger partial charge >= 0.3 is 18.2 Å². The summed E-state index contributed by atoms with van der Waals surface area (Å²) in [5.74, 6) is -2.27. The molecule has 6 heterocycles. The van der Waals surface area contributed by atoms with Crippen molar-refractivity contribution in [2.75, 3.05) is 60.1 Å². The molecule has 16 nitrogen and oxygen atoms in total. The third-order valence-corrected chi connectivity index (χ3v) is 14.2. The van der Waals surface area contributed by atoms with Gasteiger partial charge in [0.15, 0.2) is 0 Å². The Bertz CT molecular complexity index is 2730. The summed E-state index contributed by atoms with van der Waals surface area (Å²) in [5.41, 5.74) is 5.88. The Morgan fingerprint density at radius 2 is 1.76 bits per heavy atom. The van der Waals surface area contributed by atoms with Gasteiger partial charge in [-0.2, -0.15) is 13.2 Å². The monoisotopic (exact) mass is 998 g/mol. The molecule has 0 saturated carbocycles. The number of hydrogen-bond donors (Lipinski definition) is 2. The third-order valence-electron chi connectivity index (χ3n) is 14.2. The summed E-state index contributed by atoms with van der Waals surface area (Å²) >= 11 is 0. The number of nitrogens with zero attached hydrogens (tertiary/aromatic N) is 6. The van der Waals surface area contributed by atoms with E-state index in [2.05, 4.69) is 22.3 Å². The Morgan fingerprint density at radius 3 is 2.47 bits per heavy atom. The van der Waals surface area contributed by atoms with Crippen LogP contribution in [0.5, 0.6) is 0 Å². The van der Waals surface area contributed by atoms with Crippen LogP contribution in [0.3, 0.4) is 0 Å². The number of nitrogens with one attached hydrogen (secondary N) is 2. The number of amides is 5. The van der Waals surface area contributed by atoms with Gasteiger partial charge in [-0.15, -0.1) is 0 Å². The first kappa shape index (κ1) is 52.0. The van der Waals surface area contributed by atoms with E-state index in [-0.39, 0.29) is 45.0 Å². The lowest BCUT2D eigenvalue weighted by Crippen LogP contribution is -2.73. The number of aromatic nitrogens is 2. The number of hydrazine groups is 1. The lowest BCUT2D eigenvalue weighted by atomic mass is 9.84. The first-order chi connectivity index (χ1) is 34.1. The summed E-state index contributed by atoms with van der Waals surface area (Å²) in [6.45, 7) is 13.1. The summed E-state index contributed by atoms with van der Waals surface area (Å²) in [6.07, 6.45) is -1.29. The fourth-order valence-electron chi connectivity index (χ4n) is 10.7. The van der Waals surface area contributed by atoms with Crippen LogP contribution in [0.25, 0.3) is 33.3 Å². The van der Waals surface area contributed by atoms with Crippen LogP contribution < -0.4 is 10.7 Å². The summed E-state index contributed by atoms with van der Waals surface area (Å²) in [4.78, 5) is 78.9. The van der Waals surface area contributed by atoms with E-state index >= 15 is 0 Å². The average Bonchev–Trinajstić information content (AvgIpc) is 3.62. The van der Waals surface area contributed by atoms with Gasteiger partial charge in [0.1, 0.15) is 30.3 Å². The maximum atomic E-state index is 14.8. The van der Waals surface area contributed by atoms with Gasteiger partial charge in [0, 0.05) is 61.7 Å². The molecule has 4 aromatic rings. The number of pyridine rings is 1. The van der Waals surface area contributed by atoms with Crippen molar-refractivity contribution in [3.63, 3.8) is 0 Å². The van der Waals surface area contributed by atoms with E-state index in [9.17, 15) is 37.1 Å². The molecular weight excluding hydrogens is 934 g/mol. The largest absolute Gasteiger partial charge is 0.464 e. The van der Waals surface area contributed by atoms with Crippen LogP contribution in [0.15, 0.2) is 73.4 Å². The third kappa shape index (κ3) is 10.9. The van der Waals surface area contributed by atoms with Crippen molar-refractivity contribution in [3.8, 4) is 22.4 Å². The quantitative estimate of drug-likeness (QED) is 0.140. The molecule has 386 valence electrons. The van der Waals surface area contributed by atoms with Crippen molar-refractivity contribution in [3.05, 3.63) is 90.3 Å². The highest BCUT2D eigenvalue weighted by atomic mass is 19.4. The Kier molecular flexibility index (Phi) is 14.9. The maximum Gasteiger partial charge on any atom is 0.406 e. The number of morpholine rings is 1. The first-order valence-corrected chi connectivity index (χ1v) is 24.5. The molecule has 3 saturated heterocycles. The number of rotatable bonds is 9. The zero-order chi connectivity index (χ0) is 51.9. The number of urea groups is 1. The number of cyclic esters (lactones) is 1. The zero-order valence-electron chi connectivity index (χ0n) is 42.0. The van der Waals surface area contributed by atoms with E-state index in [1.807, 2.05) is 58.0 Å². The second-order valence-electron chi connectivity index (χ2n) is 20.7. The van der Waals surface area contributed by atoms with Gasteiger partial charge in [0.25, 0.3) is 5.91 Å². The second kappa shape index (κ2) is 20.7. The molecule has 2 aromatic carbocycles. The van der Waals surface area contributed by atoms with E-state index < -0.39 is 77.7 Å². The normalized spacial score (nSPS) is 21.1. The average molecular weight is 999 g/mol. The van der Waals surface area contributed by atoms with Gasteiger partial charge in [-0.1, -0.05) is 64.6 Å². The molecule has 1 unspecified atom stereocenters. The van der Waals surface area contributed by atoms with Crippen LogP contribution >= 0.6 is 0 Å². The molecular formula is C53H65F3N8O8. The Balaban J connectivity index is 1.16. The molecule has 8 rings (SSSR count). The maximum absolute atomic E-state index is 14.8. The predicted molar refractivity (Wildman–Crippen MR) is 263 cm³/mol. The van der Waals surface area contributed by atoms with Crippen molar-refractivity contribution in [2.24, 2.45) is 11.3 Å². The van der Waals surface area contributed by atoms with Crippen LogP contribution in [0.4, 0.5) is 18.0 Å². The number of carbonyl (C=O) groups excluding carboxylic acids is 5. The van der Waals surface area contributed by atoms with E-state index in [1.54, 1.807) is 54.2 Å². The number of likely N-dealkylation sites (N-methyl/N-ethyl adjacent to an activating group) is 1. The van der Waals surface area contributed by atoms with Crippen LogP contribution in [-0.2, 0) is 52.8 Å². The molecule has 4 aliphatic heterocycles. The molecule has 4 aliphatic rings. The standard InChI is InChI=1S/C53H65F3N8O8/c1-9-43(65)61-21-22-72-52(27-61)28-62(29-52)50(69)60(7)45(32(2)3)47(66)58-41-24-34-13-10-14-35(23-34)36-17-18-42-38(25-36)39(26-51(5,6)31-71-49(68)40-16-12-20-64(59-40)48(41)67)46(63(42)30-53(54,55)56)37-15-11-19-57-44(37)33(4)70-8/h9-11,13-15,17-19,23,25,32-33,40-41,45,59H,1,12,16,20-22,24,26-31H2,2-8H3,(H,58,66)/t33-,40-,41-,45?/m0/s1. The number of carbonyl (C=O) groups is 5. The van der Waals surface area contributed by atoms with Crippen molar-refractivity contribution in [2.45, 2.75) is 103 Å². The smallest absolute Gasteiger partial charge is 0.406 e. The number of ether oxygens (including phenoxy) is 3. The number of halogens is 3. The minimum absolute atomic E-state index is 0.00928. The van der Waals surface area contributed by atoms with Gasteiger partial charge < -0.3 is 38.8 Å². The number of hydrogen-bond acceptors (Lipinski definition) is 10. The lowest BCUT2D eigenvalue weighted by Gasteiger charge is -2.54. The van der Waals surface area contributed by atoms with Gasteiger partial charge in [0.2, 0.25) is 11.8 Å². The molecule has 0 aliphatic carbocycles. The molecule has 6 bridgehead atoms. The van der Waals surface area contributed by atoms with E-state index in [0.717, 1.165) is 5.56 Å². The SMILES string of the molecule is C=CC(=O)N1CCOC2(C1)CN(C(=O)N(C)C(C(=O)N[C@H]1Cc3cccc(c3)-c3ccc4c(c3)c(c(-c3cccnc3[C@H](C)OC)n4CC(F)(F)F)CC(C)(C)COC(=O)[C@@H]3CCCN(N3)C1=O)C(C)C)C2. The molecule has 2 aromatic heterocycles. The van der Waals surface area contributed by atoms with Crippen molar-refractivity contribution in [1.29, 1.82) is 0 Å². The first-order valence-electron chi connectivity index (χ1n) is 24.5. The number of methoxy groups -OCH3 is 1. The lowest BCUT2D eigenvalue weighted by molar-refractivity contribution is -0.178. The summed E-state index contributed by atoms with van der Waals surface area (Å²) in [6, 6.07) is 12.7. The highest BCUT2D eigenvalue weighted by Gasteiger charge is 2.51. The Labute approximate surface area is 417 Å². The van der Waals surface area contributed by atoms with Gasteiger partial charge in [-0.3, -0.25) is 29.2 Å². The highest BCUT2D eigenvalue weighted by Crippen LogP contribution is 2.43. The molecule has 1 spiro atoms. The number of esters is 1. The van der Waals surface area contributed by atoms with Gasteiger partial charge in [-0.25, -0.2) is 10.2 Å². The molecule has 5 amide bonds. The van der Waals surface area contributed by atoms with Crippen molar-refractivity contribution in [1.82, 2.24) is 40.0 Å².